The van der Waals surface area contributed by atoms with E-state index < -0.39 is 30.3 Å². The maximum Gasteiger partial charge on any atom is 0.237 e. The molecule has 0 unspecified atom stereocenters. The van der Waals surface area contributed by atoms with Crippen molar-refractivity contribution in [1.82, 2.24) is 4.90 Å². The van der Waals surface area contributed by atoms with Crippen LogP contribution in [0, 0.1) is 0 Å². The Balaban J connectivity index is 2.19. The van der Waals surface area contributed by atoms with Gasteiger partial charge in [0.15, 0.2) is 0 Å². The first kappa shape index (κ1) is 14.0. The molecule has 1 heterocycles. The number of β-amino-alcohol motifs (C(OH)–C–C–N with tert-alkyl or cyclic N) is 1. The third-order valence-electron chi connectivity index (χ3n) is 3.40. The van der Waals surface area contributed by atoms with Gasteiger partial charge in [0.05, 0.1) is 6.10 Å². The summed E-state index contributed by atoms with van der Waals surface area (Å²) in [5, 5.41) is 29.2. The van der Waals surface area contributed by atoms with Crippen LogP contribution in [0.5, 0.6) is 0 Å². The maximum absolute atomic E-state index is 11.4. The van der Waals surface area contributed by atoms with Gasteiger partial charge >= 0.3 is 0 Å². The minimum atomic E-state index is -1.38. The molecular weight excluding hydrogens is 248 g/mol. The molecule has 19 heavy (non-hydrogen) atoms. The van der Waals surface area contributed by atoms with E-state index in [4.69, 9.17) is 5.73 Å². The van der Waals surface area contributed by atoms with E-state index >= 15 is 0 Å². The molecule has 1 saturated heterocycles. The highest BCUT2D eigenvalue weighted by molar-refractivity contribution is 5.80. The van der Waals surface area contributed by atoms with Crippen molar-refractivity contribution in [3.63, 3.8) is 0 Å². The lowest BCUT2D eigenvalue weighted by molar-refractivity contribution is -0.156. The van der Waals surface area contributed by atoms with Gasteiger partial charge < -0.3 is 21.1 Å². The van der Waals surface area contributed by atoms with Crippen molar-refractivity contribution in [2.24, 2.45) is 5.73 Å². The number of hydrogen-bond donors (Lipinski definition) is 4. The molecule has 1 aliphatic heterocycles. The standard InChI is InChI=1S/C13H18N2O4/c14-13(19)10-12(18)11(17)9(16)7-15(10)6-8-4-2-1-3-5-8/h1-5,9-12,16-18H,6-7H2,(H2,14,19)/t9-,10-,11-,12-/m1/s1. The van der Waals surface area contributed by atoms with Gasteiger partial charge in [-0.15, -0.1) is 0 Å². The Morgan fingerprint density at radius 1 is 1.21 bits per heavy atom. The van der Waals surface area contributed by atoms with Crippen LogP contribution in [0.4, 0.5) is 0 Å². The Morgan fingerprint density at radius 3 is 2.42 bits per heavy atom. The fraction of sp³-hybridized carbons (Fsp3) is 0.462. The Labute approximate surface area is 111 Å². The van der Waals surface area contributed by atoms with Gasteiger partial charge in [0.25, 0.3) is 0 Å². The number of likely N-dealkylation sites (tertiary alicyclic amines) is 1. The van der Waals surface area contributed by atoms with Gasteiger partial charge in [0.1, 0.15) is 18.2 Å². The number of benzene rings is 1. The largest absolute Gasteiger partial charge is 0.389 e. The minimum Gasteiger partial charge on any atom is -0.389 e. The van der Waals surface area contributed by atoms with Crippen LogP contribution < -0.4 is 5.73 Å². The summed E-state index contributed by atoms with van der Waals surface area (Å²) in [5.41, 5.74) is 6.21. The lowest BCUT2D eigenvalue weighted by atomic mass is 9.93. The highest BCUT2D eigenvalue weighted by Gasteiger charge is 2.44. The number of carbonyl (C=O) groups excluding carboxylic acids is 1. The molecule has 1 aromatic carbocycles. The van der Waals surface area contributed by atoms with Crippen molar-refractivity contribution in [2.45, 2.75) is 30.9 Å². The van der Waals surface area contributed by atoms with Crippen LogP contribution in [0.2, 0.25) is 0 Å². The normalized spacial score (nSPS) is 32.2. The lowest BCUT2D eigenvalue weighted by Crippen LogP contribution is -2.64. The predicted molar refractivity (Wildman–Crippen MR) is 67.9 cm³/mol. The van der Waals surface area contributed by atoms with Gasteiger partial charge in [-0.25, -0.2) is 0 Å². The van der Waals surface area contributed by atoms with Crippen molar-refractivity contribution < 1.29 is 20.1 Å². The zero-order chi connectivity index (χ0) is 14.0. The Morgan fingerprint density at radius 2 is 1.84 bits per heavy atom. The molecular formula is C13H18N2O4. The molecule has 6 nitrogen and oxygen atoms in total. The van der Waals surface area contributed by atoms with Gasteiger partial charge in [-0.05, 0) is 5.56 Å². The number of nitrogens with two attached hydrogens (primary N) is 1. The smallest absolute Gasteiger partial charge is 0.237 e. The zero-order valence-electron chi connectivity index (χ0n) is 10.4. The molecule has 1 aliphatic rings. The van der Waals surface area contributed by atoms with Crippen LogP contribution in [-0.2, 0) is 11.3 Å². The van der Waals surface area contributed by atoms with Gasteiger partial charge in [0, 0.05) is 13.1 Å². The van der Waals surface area contributed by atoms with Crippen LogP contribution >= 0.6 is 0 Å². The summed E-state index contributed by atoms with van der Waals surface area (Å²) < 4.78 is 0. The number of amides is 1. The van der Waals surface area contributed by atoms with Crippen LogP contribution in [0.25, 0.3) is 0 Å². The summed E-state index contributed by atoms with van der Waals surface area (Å²) in [6.45, 7) is 0.454. The molecule has 4 atom stereocenters. The molecule has 6 heteroatoms. The molecule has 0 radical (unpaired) electrons. The second-order valence-corrected chi connectivity index (χ2v) is 4.81. The molecule has 0 saturated carbocycles. The first-order valence-electron chi connectivity index (χ1n) is 6.12. The van der Waals surface area contributed by atoms with Crippen LogP contribution in [0.1, 0.15) is 5.56 Å². The molecule has 2 rings (SSSR count). The van der Waals surface area contributed by atoms with Gasteiger partial charge in [0.2, 0.25) is 5.91 Å². The summed E-state index contributed by atoms with van der Waals surface area (Å²) in [6.07, 6.45) is -3.84. The van der Waals surface area contributed by atoms with E-state index in [1.807, 2.05) is 30.3 Å². The summed E-state index contributed by atoms with van der Waals surface area (Å²) in [4.78, 5) is 13.0. The van der Waals surface area contributed by atoms with Gasteiger partial charge in [-0.3, -0.25) is 9.69 Å². The van der Waals surface area contributed by atoms with Crippen molar-refractivity contribution in [1.29, 1.82) is 0 Å². The van der Waals surface area contributed by atoms with Crippen molar-refractivity contribution in [3.8, 4) is 0 Å². The number of primary amides is 1. The van der Waals surface area contributed by atoms with Crippen molar-refractivity contribution >= 4 is 5.91 Å². The summed E-state index contributed by atoms with van der Waals surface area (Å²) in [7, 11) is 0. The number of hydrogen-bond acceptors (Lipinski definition) is 5. The van der Waals surface area contributed by atoms with E-state index in [0.29, 0.717) is 6.54 Å². The molecule has 104 valence electrons. The fourth-order valence-electron chi connectivity index (χ4n) is 2.42. The highest BCUT2D eigenvalue weighted by atomic mass is 16.4. The minimum absolute atomic E-state index is 0.0841. The maximum atomic E-state index is 11.4. The van der Waals surface area contributed by atoms with E-state index in [2.05, 4.69) is 0 Å². The van der Waals surface area contributed by atoms with Crippen LogP contribution in [-0.4, -0.2) is 57.0 Å². The number of nitrogens with zero attached hydrogens (tertiary/aromatic N) is 1. The molecule has 1 fully saturated rings. The van der Waals surface area contributed by atoms with Gasteiger partial charge in [-0.1, -0.05) is 30.3 Å². The molecule has 0 aromatic heterocycles. The van der Waals surface area contributed by atoms with E-state index in [0.717, 1.165) is 5.56 Å². The Hall–Kier alpha value is -1.47. The van der Waals surface area contributed by atoms with Crippen molar-refractivity contribution in [3.05, 3.63) is 35.9 Å². The third-order valence-corrected chi connectivity index (χ3v) is 3.40. The third kappa shape index (κ3) is 2.93. The summed E-state index contributed by atoms with van der Waals surface area (Å²) in [6, 6.07) is 8.35. The van der Waals surface area contributed by atoms with E-state index in [1.54, 1.807) is 4.90 Å². The quantitative estimate of drug-likeness (QED) is 0.529. The first-order chi connectivity index (χ1) is 9.00. The number of carbonyl (C=O) groups is 1. The average Bonchev–Trinajstić information content (AvgIpc) is 2.37. The van der Waals surface area contributed by atoms with E-state index in [9.17, 15) is 20.1 Å². The van der Waals surface area contributed by atoms with E-state index in [-0.39, 0.29) is 6.54 Å². The topological polar surface area (TPSA) is 107 Å². The summed E-state index contributed by atoms with van der Waals surface area (Å²) in [5.74, 6) is -0.714. The monoisotopic (exact) mass is 266 g/mol. The van der Waals surface area contributed by atoms with Crippen LogP contribution in [0.3, 0.4) is 0 Å². The van der Waals surface area contributed by atoms with Crippen LogP contribution in [0.15, 0.2) is 30.3 Å². The lowest BCUT2D eigenvalue weighted by Gasteiger charge is -2.42. The predicted octanol–water partition coefficient (Wildman–Crippen LogP) is -1.56. The SMILES string of the molecule is NC(=O)[C@H]1[C@@H](O)[C@H](O)[C@H](O)CN1Cc1ccccc1. The average molecular weight is 266 g/mol. The zero-order valence-corrected chi connectivity index (χ0v) is 10.4. The van der Waals surface area contributed by atoms with Gasteiger partial charge in [-0.2, -0.15) is 0 Å². The molecule has 0 spiro atoms. The highest BCUT2D eigenvalue weighted by Crippen LogP contribution is 2.21. The molecule has 0 bridgehead atoms. The number of aliphatic hydroxyl groups excluding tert-OH is 3. The number of aliphatic hydroxyl groups is 3. The second-order valence-electron chi connectivity index (χ2n) is 4.81. The fourth-order valence-corrected chi connectivity index (χ4v) is 2.42. The Bertz CT molecular complexity index is 440. The Kier molecular flexibility index (Phi) is 4.16. The van der Waals surface area contributed by atoms with Crippen molar-refractivity contribution in [2.75, 3.05) is 6.54 Å². The molecule has 1 aromatic rings. The molecule has 1 amide bonds. The van der Waals surface area contributed by atoms with E-state index in [1.165, 1.54) is 0 Å². The molecule has 5 N–H and O–H groups in total. The summed E-state index contributed by atoms with van der Waals surface area (Å²) >= 11 is 0. The number of rotatable bonds is 3. The molecule has 0 aliphatic carbocycles. The first-order valence-corrected chi connectivity index (χ1v) is 6.12. The number of piperidine rings is 1. The second kappa shape index (κ2) is 5.66.